The SMILES string of the molecule is C[C@]12CC[C@@](O)(Cl)CC1CC[C@@H]1[C@@H]2CC[C@]2(C)C(=O)CC[C@@H]12. The lowest BCUT2D eigenvalue weighted by Gasteiger charge is -2.60. The van der Waals surface area contributed by atoms with Crippen LogP contribution in [0.25, 0.3) is 0 Å². The molecule has 0 saturated heterocycles. The third-order valence-corrected chi connectivity index (χ3v) is 8.72. The van der Waals surface area contributed by atoms with Gasteiger partial charge in [0, 0.05) is 11.8 Å². The lowest BCUT2D eigenvalue weighted by atomic mass is 9.45. The Hall–Kier alpha value is -0.0800. The van der Waals surface area contributed by atoms with E-state index >= 15 is 0 Å². The minimum absolute atomic E-state index is 0.0216. The third kappa shape index (κ3) is 1.99. The number of hydrogen-bond donors (Lipinski definition) is 1. The number of aliphatic hydroxyl groups is 1. The molecule has 0 aromatic carbocycles. The van der Waals surface area contributed by atoms with Crippen LogP contribution >= 0.6 is 11.6 Å². The Morgan fingerprint density at radius 1 is 1.05 bits per heavy atom. The van der Waals surface area contributed by atoms with E-state index in [9.17, 15) is 9.90 Å². The van der Waals surface area contributed by atoms with E-state index in [1.165, 1.54) is 19.3 Å². The Balaban J connectivity index is 1.63. The summed E-state index contributed by atoms with van der Waals surface area (Å²) in [6, 6.07) is 0. The molecule has 0 radical (unpaired) electrons. The first-order valence-corrected chi connectivity index (χ1v) is 9.59. The minimum Gasteiger partial charge on any atom is -0.375 e. The van der Waals surface area contributed by atoms with Crippen LogP contribution in [0.4, 0.5) is 0 Å². The van der Waals surface area contributed by atoms with Crippen LogP contribution in [-0.2, 0) is 4.79 Å². The Bertz CT molecular complexity index is 502. The van der Waals surface area contributed by atoms with Crippen LogP contribution < -0.4 is 0 Å². The summed E-state index contributed by atoms with van der Waals surface area (Å²) < 4.78 is 0. The van der Waals surface area contributed by atoms with Gasteiger partial charge < -0.3 is 5.11 Å². The molecule has 1 N–H and O–H groups in total. The van der Waals surface area contributed by atoms with Gasteiger partial charge in [-0.1, -0.05) is 25.4 Å². The number of carbonyl (C=O) groups is 1. The van der Waals surface area contributed by atoms with E-state index in [1.54, 1.807) is 0 Å². The van der Waals surface area contributed by atoms with E-state index in [1.807, 2.05) is 0 Å². The molecule has 2 nitrogen and oxygen atoms in total. The van der Waals surface area contributed by atoms with E-state index in [0.717, 1.165) is 50.4 Å². The smallest absolute Gasteiger partial charge is 0.139 e. The number of alkyl halides is 1. The van der Waals surface area contributed by atoms with Crippen LogP contribution in [0, 0.1) is 34.5 Å². The maximum absolute atomic E-state index is 12.4. The standard InChI is InChI=1S/C19H29ClO2/c1-17-9-10-19(20,22)11-12(17)3-4-13-14-5-6-16(21)18(14,2)8-7-15(13)17/h12-15,22H,3-11H2,1-2H3/t12?,13-,14-,15-,17-,18-,19-/m0/s1. The summed E-state index contributed by atoms with van der Waals surface area (Å²) in [5, 5.41) is 9.30. The van der Waals surface area contributed by atoms with Gasteiger partial charge in [-0.2, -0.15) is 0 Å². The number of hydrogen-bond acceptors (Lipinski definition) is 2. The fourth-order valence-corrected chi connectivity index (χ4v) is 7.25. The van der Waals surface area contributed by atoms with Gasteiger partial charge in [-0.3, -0.25) is 4.79 Å². The Kier molecular flexibility index (Phi) is 3.32. The van der Waals surface area contributed by atoms with Crippen molar-refractivity contribution in [3.63, 3.8) is 0 Å². The van der Waals surface area contributed by atoms with Crippen molar-refractivity contribution in [1.29, 1.82) is 0 Å². The number of ketones is 1. The van der Waals surface area contributed by atoms with Gasteiger partial charge in [0.25, 0.3) is 0 Å². The summed E-state index contributed by atoms with van der Waals surface area (Å²) in [5.74, 6) is 3.18. The van der Waals surface area contributed by atoms with Crippen molar-refractivity contribution in [3.8, 4) is 0 Å². The van der Waals surface area contributed by atoms with Crippen LogP contribution in [-0.4, -0.2) is 16.0 Å². The van der Waals surface area contributed by atoms with E-state index in [-0.39, 0.29) is 5.41 Å². The first-order chi connectivity index (χ1) is 10.3. The van der Waals surface area contributed by atoms with Crippen LogP contribution in [0.1, 0.15) is 71.6 Å². The van der Waals surface area contributed by atoms with E-state index in [4.69, 9.17) is 11.6 Å². The fraction of sp³-hybridized carbons (Fsp3) is 0.947. The minimum atomic E-state index is -0.969. The maximum Gasteiger partial charge on any atom is 0.139 e. The topological polar surface area (TPSA) is 37.3 Å². The highest BCUT2D eigenvalue weighted by molar-refractivity contribution is 6.22. The second-order valence-corrected chi connectivity index (χ2v) is 9.90. The zero-order valence-electron chi connectivity index (χ0n) is 13.9. The van der Waals surface area contributed by atoms with Crippen molar-refractivity contribution in [1.82, 2.24) is 0 Å². The van der Waals surface area contributed by atoms with Crippen molar-refractivity contribution >= 4 is 17.4 Å². The highest BCUT2D eigenvalue weighted by atomic mass is 35.5. The van der Waals surface area contributed by atoms with Crippen molar-refractivity contribution < 1.29 is 9.90 Å². The second-order valence-electron chi connectivity index (χ2n) is 9.20. The van der Waals surface area contributed by atoms with Gasteiger partial charge in [0.1, 0.15) is 10.8 Å². The fourth-order valence-electron chi connectivity index (χ4n) is 6.97. The molecule has 3 heteroatoms. The van der Waals surface area contributed by atoms with E-state index in [0.29, 0.717) is 23.0 Å². The molecule has 22 heavy (non-hydrogen) atoms. The Labute approximate surface area is 139 Å². The molecule has 4 aliphatic carbocycles. The maximum atomic E-state index is 12.4. The zero-order chi connectivity index (χ0) is 15.8. The Morgan fingerprint density at radius 2 is 1.82 bits per heavy atom. The lowest BCUT2D eigenvalue weighted by molar-refractivity contribution is -0.144. The summed E-state index contributed by atoms with van der Waals surface area (Å²) in [7, 11) is 0. The second kappa shape index (κ2) is 4.72. The predicted octanol–water partition coefficient (Wildman–Crippen LogP) is 4.53. The molecule has 0 heterocycles. The van der Waals surface area contributed by atoms with Gasteiger partial charge in [0.05, 0.1) is 0 Å². The highest BCUT2D eigenvalue weighted by Gasteiger charge is 2.61. The highest BCUT2D eigenvalue weighted by Crippen LogP contribution is 2.66. The molecule has 124 valence electrons. The molecule has 4 fully saturated rings. The molecule has 4 saturated carbocycles. The zero-order valence-corrected chi connectivity index (χ0v) is 14.7. The van der Waals surface area contributed by atoms with E-state index < -0.39 is 5.06 Å². The normalized spacial score (nSPS) is 57.9. The number of fused-ring (bicyclic) bond motifs is 5. The van der Waals surface area contributed by atoms with Gasteiger partial charge in [-0.15, -0.1) is 0 Å². The van der Waals surface area contributed by atoms with Crippen LogP contribution in [0.3, 0.4) is 0 Å². The predicted molar refractivity (Wildman–Crippen MR) is 87.5 cm³/mol. The molecule has 0 amide bonds. The van der Waals surface area contributed by atoms with Gasteiger partial charge in [0.2, 0.25) is 0 Å². The van der Waals surface area contributed by atoms with Crippen LogP contribution in [0.15, 0.2) is 0 Å². The number of Topliss-reactive ketones (excluding diaryl/α,β-unsaturated/α-hetero) is 1. The number of carbonyl (C=O) groups excluding carboxylic acids is 1. The van der Waals surface area contributed by atoms with Gasteiger partial charge in [0.15, 0.2) is 0 Å². The molecular weight excluding hydrogens is 296 g/mol. The molecule has 1 unspecified atom stereocenters. The molecule has 4 rings (SSSR count). The molecule has 0 bridgehead atoms. The van der Waals surface area contributed by atoms with Gasteiger partial charge >= 0.3 is 0 Å². The van der Waals surface area contributed by atoms with Crippen molar-refractivity contribution in [2.24, 2.45) is 34.5 Å². The van der Waals surface area contributed by atoms with E-state index in [2.05, 4.69) is 13.8 Å². The van der Waals surface area contributed by atoms with Gasteiger partial charge in [-0.05, 0) is 80.5 Å². The monoisotopic (exact) mass is 324 g/mol. The molecule has 7 atom stereocenters. The average molecular weight is 325 g/mol. The summed E-state index contributed by atoms with van der Waals surface area (Å²) >= 11 is 6.27. The molecule has 0 aliphatic heterocycles. The van der Waals surface area contributed by atoms with Gasteiger partial charge in [-0.25, -0.2) is 0 Å². The summed E-state index contributed by atoms with van der Waals surface area (Å²) in [5.41, 5.74) is 0.309. The first-order valence-electron chi connectivity index (χ1n) is 9.21. The molecule has 0 spiro atoms. The molecule has 4 aliphatic rings. The summed E-state index contributed by atoms with van der Waals surface area (Å²) in [6.45, 7) is 4.70. The molecule has 0 aromatic heterocycles. The quantitative estimate of drug-likeness (QED) is 0.665. The van der Waals surface area contributed by atoms with Crippen molar-refractivity contribution in [2.45, 2.75) is 76.7 Å². The number of rotatable bonds is 0. The average Bonchev–Trinajstić information content (AvgIpc) is 2.76. The first kappa shape index (κ1) is 15.4. The van der Waals surface area contributed by atoms with Crippen LogP contribution in [0.2, 0.25) is 0 Å². The summed E-state index contributed by atoms with van der Waals surface area (Å²) in [4.78, 5) is 12.4. The largest absolute Gasteiger partial charge is 0.375 e. The summed E-state index contributed by atoms with van der Waals surface area (Å²) in [6.07, 6.45) is 9.20. The lowest BCUT2D eigenvalue weighted by Crippen LogP contribution is -2.55. The number of halogens is 1. The molecular formula is C19H29ClO2. The molecule has 0 aromatic rings. The third-order valence-electron chi connectivity index (χ3n) is 8.38. The Morgan fingerprint density at radius 3 is 2.59 bits per heavy atom. The van der Waals surface area contributed by atoms with Crippen molar-refractivity contribution in [2.75, 3.05) is 0 Å². The van der Waals surface area contributed by atoms with Crippen molar-refractivity contribution in [3.05, 3.63) is 0 Å². The van der Waals surface area contributed by atoms with Crippen LogP contribution in [0.5, 0.6) is 0 Å².